The lowest BCUT2D eigenvalue weighted by molar-refractivity contribution is 0.189. The van der Waals surface area contributed by atoms with Crippen molar-refractivity contribution in [3.8, 4) is 0 Å². The number of fused-ring (bicyclic) bond motifs is 2. The van der Waals surface area contributed by atoms with Crippen LogP contribution in [0.1, 0.15) is 33.1 Å². The molecular weight excluding hydrogens is 159 g/mol. The lowest BCUT2D eigenvalue weighted by Crippen LogP contribution is -2.41. The molecule has 0 amide bonds. The normalized spacial score (nSPS) is 45.0. The Morgan fingerprint density at radius 3 is 2.62 bits per heavy atom. The molecule has 1 saturated heterocycles. The Morgan fingerprint density at radius 2 is 1.92 bits per heavy atom. The molecule has 1 heterocycles. The fourth-order valence-corrected chi connectivity index (χ4v) is 3.43. The second-order valence-electron chi connectivity index (χ2n) is 5.20. The van der Waals surface area contributed by atoms with E-state index in [1.807, 2.05) is 7.11 Å². The molecule has 1 saturated carbocycles. The Kier molecular flexibility index (Phi) is 2.68. The SMILES string of the molecule is COB1CC(C)C2CCC(C)C1C2. The molecule has 74 valence electrons. The van der Waals surface area contributed by atoms with Crippen molar-refractivity contribution in [1.29, 1.82) is 0 Å². The molecule has 2 heteroatoms. The molecule has 4 atom stereocenters. The quantitative estimate of drug-likeness (QED) is 0.563. The molecule has 0 aromatic rings. The monoisotopic (exact) mass is 180 g/mol. The largest absolute Gasteiger partial charge is 0.438 e. The van der Waals surface area contributed by atoms with Gasteiger partial charge in [-0.15, -0.1) is 0 Å². The van der Waals surface area contributed by atoms with Gasteiger partial charge in [0.05, 0.1) is 0 Å². The zero-order chi connectivity index (χ0) is 9.42. The summed E-state index contributed by atoms with van der Waals surface area (Å²) < 4.78 is 5.62. The third-order valence-corrected chi connectivity index (χ3v) is 4.49. The van der Waals surface area contributed by atoms with Crippen LogP contribution in [0, 0.1) is 17.8 Å². The summed E-state index contributed by atoms with van der Waals surface area (Å²) in [5.41, 5.74) is 0. The van der Waals surface area contributed by atoms with E-state index < -0.39 is 0 Å². The molecule has 0 spiro atoms. The van der Waals surface area contributed by atoms with E-state index in [4.69, 9.17) is 4.65 Å². The maximum atomic E-state index is 5.62. The van der Waals surface area contributed by atoms with Crippen LogP contribution in [0.3, 0.4) is 0 Å². The van der Waals surface area contributed by atoms with Gasteiger partial charge in [-0.3, -0.25) is 0 Å². The summed E-state index contributed by atoms with van der Waals surface area (Å²) in [6.45, 7) is 5.37. The second kappa shape index (κ2) is 3.64. The fourth-order valence-electron chi connectivity index (χ4n) is 3.43. The van der Waals surface area contributed by atoms with Gasteiger partial charge in [0.1, 0.15) is 0 Å². The highest BCUT2D eigenvalue weighted by atomic mass is 16.4. The van der Waals surface area contributed by atoms with Crippen molar-refractivity contribution in [1.82, 2.24) is 0 Å². The van der Waals surface area contributed by atoms with Crippen LogP contribution in [0.15, 0.2) is 0 Å². The number of hydrogen-bond acceptors (Lipinski definition) is 1. The van der Waals surface area contributed by atoms with Gasteiger partial charge in [0.25, 0.3) is 6.92 Å². The minimum absolute atomic E-state index is 0.557. The van der Waals surface area contributed by atoms with Gasteiger partial charge in [-0.25, -0.2) is 0 Å². The van der Waals surface area contributed by atoms with Gasteiger partial charge in [0.15, 0.2) is 0 Å². The van der Waals surface area contributed by atoms with E-state index in [0.29, 0.717) is 6.92 Å². The topological polar surface area (TPSA) is 9.23 Å². The molecule has 0 N–H and O–H groups in total. The lowest BCUT2D eigenvalue weighted by Gasteiger charge is -2.44. The van der Waals surface area contributed by atoms with Crippen molar-refractivity contribution in [3.63, 3.8) is 0 Å². The van der Waals surface area contributed by atoms with Crippen molar-refractivity contribution in [3.05, 3.63) is 0 Å². The molecule has 0 radical (unpaired) electrons. The summed E-state index contributed by atoms with van der Waals surface area (Å²) >= 11 is 0. The van der Waals surface area contributed by atoms with Crippen LogP contribution < -0.4 is 0 Å². The van der Waals surface area contributed by atoms with E-state index in [1.165, 1.54) is 25.6 Å². The Hall–Kier alpha value is 0.0249. The predicted octanol–water partition coefficient (Wildman–Crippen LogP) is 3.08. The summed E-state index contributed by atoms with van der Waals surface area (Å²) in [5, 5.41) is 0. The first-order chi connectivity index (χ1) is 6.22. The first-order valence-corrected chi connectivity index (χ1v) is 5.75. The minimum atomic E-state index is 0.557. The number of rotatable bonds is 1. The highest BCUT2D eigenvalue weighted by Crippen LogP contribution is 2.49. The molecule has 1 aliphatic carbocycles. The molecule has 4 unspecified atom stereocenters. The molecule has 1 nitrogen and oxygen atoms in total. The van der Waals surface area contributed by atoms with Crippen molar-refractivity contribution in [2.75, 3.05) is 7.11 Å². The summed E-state index contributed by atoms with van der Waals surface area (Å²) in [6.07, 6.45) is 5.63. The van der Waals surface area contributed by atoms with Crippen molar-refractivity contribution in [2.24, 2.45) is 17.8 Å². The van der Waals surface area contributed by atoms with E-state index in [1.54, 1.807) is 0 Å². The molecule has 0 aromatic carbocycles. The molecule has 0 aromatic heterocycles. The van der Waals surface area contributed by atoms with E-state index in [9.17, 15) is 0 Å². The van der Waals surface area contributed by atoms with Crippen LogP contribution in [0.2, 0.25) is 12.1 Å². The lowest BCUT2D eigenvalue weighted by atomic mass is 9.39. The fraction of sp³-hybridized carbons (Fsp3) is 1.00. The Bertz CT molecular complexity index is 183. The van der Waals surface area contributed by atoms with E-state index in [0.717, 1.165) is 23.6 Å². The smallest absolute Gasteiger partial charge is 0.296 e. The highest BCUT2D eigenvalue weighted by Gasteiger charge is 2.43. The molecule has 2 bridgehead atoms. The highest BCUT2D eigenvalue weighted by molar-refractivity contribution is 6.54. The molecule has 2 aliphatic rings. The Balaban J connectivity index is 2.08. The van der Waals surface area contributed by atoms with Crippen LogP contribution in [0.4, 0.5) is 0 Å². The van der Waals surface area contributed by atoms with Crippen LogP contribution in [0.5, 0.6) is 0 Å². The van der Waals surface area contributed by atoms with E-state index in [2.05, 4.69) is 13.8 Å². The van der Waals surface area contributed by atoms with Gasteiger partial charge < -0.3 is 4.65 Å². The van der Waals surface area contributed by atoms with Crippen molar-refractivity contribution >= 4 is 6.92 Å². The van der Waals surface area contributed by atoms with Crippen LogP contribution >= 0.6 is 0 Å². The third kappa shape index (κ3) is 1.65. The molecular formula is C11H21BO. The van der Waals surface area contributed by atoms with Crippen LogP contribution in [-0.2, 0) is 4.65 Å². The summed E-state index contributed by atoms with van der Waals surface area (Å²) in [6, 6.07) is 0. The van der Waals surface area contributed by atoms with Gasteiger partial charge >= 0.3 is 0 Å². The Labute approximate surface area is 82.3 Å². The van der Waals surface area contributed by atoms with Crippen LogP contribution in [0.25, 0.3) is 0 Å². The van der Waals surface area contributed by atoms with Crippen molar-refractivity contribution in [2.45, 2.75) is 45.2 Å². The molecule has 2 fully saturated rings. The molecule has 1 aliphatic heterocycles. The van der Waals surface area contributed by atoms with Gasteiger partial charge in [-0.1, -0.05) is 26.7 Å². The zero-order valence-corrected chi connectivity index (χ0v) is 9.12. The molecule has 13 heavy (non-hydrogen) atoms. The maximum absolute atomic E-state index is 5.62. The summed E-state index contributed by atoms with van der Waals surface area (Å²) in [7, 11) is 1.89. The third-order valence-electron chi connectivity index (χ3n) is 4.49. The summed E-state index contributed by atoms with van der Waals surface area (Å²) in [4.78, 5) is 0. The maximum Gasteiger partial charge on any atom is 0.296 e. The van der Waals surface area contributed by atoms with Gasteiger partial charge in [0, 0.05) is 7.11 Å². The van der Waals surface area contributed by atoms with Crippen LogP contribution in [-0.4, -0.2) is 14.0 Å². The summed E-state index contributed by atoms with van der Waals surface area (Å²) in [5.74, 6) is 3.66. The predicted molar refractivity (Wildman–Crippen MR) is 57.0 cm³/mol. The van der Waals surface area contributed by atoms with Crippen molar-refractivity contribution < 1.29 is 4.65 Å². The van der Waals surface area contributed by atoms with Gasteiger partial charge in [-0.2, -0.15) is 0 Å². The number of hydrogen-bond donors (Lipinski definition) is 0. The van der Waals surface area contributed by atoms with E-state index in [-0.39, 0.29) is 0 Å². The van der Waals surface area contributed by atoms with E-state index >= 15 is 0 Å². The first kappa shape index (κ1) is 9.58. The van der Waals surface area contributed by atoms with Gasteiger partial charge in [0.2, 0.25) is 0 Å². The average molecular weight is 180 g/mol. The zero-order valence-electron chi connectivity index (χ0n) is 9.12. The molecule has 2 rings (SSSR count). The average Bonchev–Trinajstić information content (AvgIpc) is 2.15. The standard InChI is InChI=1S/C11H21BO/c1-8-4-5-10-6-11(8)12(13-3)7-9(10)2/h8-11H,4-7H2,1-3H3. The van der Waals surface area contributed by atoms with Gasteiger partial charge in [-0.05, 0) is 36.3 Å². The Morgan fingerprint density at radius 1 is 1.15 bits per heavy atom. The second-order valence-corrected chi connectivity index (χ2v) is 5.20. The first-order valence-electron chi connectivity index (χ1n) is 5.75. The minimum Gasteiger partial charge on any atom is -0.438 e.